The van der Waals surface area contributed by atoms with Gasteiger partial charge in [-0.05, 0) is 37.1 Å². The maximum Gasteiger partial charge on any atom is 0.284 e. The number of benzene rings is 2. The van der Waals surface area contributed by atoms with Crippen molar-refractivity contribution in [2.75, 3.05) is 4.72 Å². The Kier molecular flexibility index (Phi) is 4.37. The normalized spacial score (nSPS) is 10.1. The number of nitrogens with zero attached hydrogens (tertiary/aromatic N) is 1. The molecular formula is C14H12N2O3S. The predicted octanol–water partition coefficient (Wildman–Crippen LogP) is 3.92. The Hall–Kier alpha value is -2.34. The molecule has 0 radical (unpaired) electrons. The third kappa shape index (κ3) is 3.36. The van der Waals surface area contributed by atoms with Crippen LogP contribution in [0.25, 0.3) is 0 Å². The van der Waals surface area contributed by atoms with Crippen molar-refractivity contribution in [2.45, 2.75) is 11.8 Å². The molecular weight excluding hydrogens is 276 g/mol. The summed E-state index contributed by atoms with van der Waals surface area (Å²) in [6.07, 6.45) is 0. The molecule has 0 aliphatic carbocycles. The van der Waals surface area contributed by atoms with Gasteiger partial charge in [-0.2, -0.15) is 0 Å². The molecule has 0 bridgehead atoms. The second-order valence-corrected chi connectivity index (χ2v) is 4.91. The second-order valence-electron chi connectivity index (χ2n) is 4.07. The highest BCUT2D eigenvalue weighted by Crippen LogP contribution is 2.29. The van der Waals surface area contributed by atoms with E-state index in [4.69, 9.17) is 0 Å². The summed E-state index contributed by atoms with van der Waals surface area (Å²) < 4.78 is 3.01. The van der Waals surface area contributed by atoms with Gasteiger partial charge in [-0.1, -0.05) is 24.3 Å². The summed E-state index contributed by atoms with van der Waals surface area (Å²) in [4.78, 5) is 22.3. The molecule has 2 rings (SSSR count). The van der Waals surface area contributed by atoms with E-state index in [1.165, 1.54) is 13.0 Å². The standard InChI is InChI=1S/C14H12N2O3S/c1-10(17)11-5-4-6-12(9-11)15-20-14-8-3-2-7-13(14)16(18)19/h2-9,15H,1H3. The molecule has 0 fully saturated rings. The van der Waals surface area contributed by atoms with Crippen LogP contribution in [-0.4, -0.2) is 10.7 Å². The SMILES string of the molecule is CC(=O)c1cccc(NSc2ccccc2[N+](=O)[O-])c1. The maximum absolute atomic E-state index is 11.3. The lowest BCUT2D eigenvalue weighted by Crippen LogP contribution is -1.95. The van der Waals surface area contributed by atoms with Gasteiger partial charge < -0.3 is 4.72 Å². The fourth-order valence-electron chi connectivity index (χ4n) is 1.61. The Morgan fingerprint density at radius 3 is 2.65 bits per heavy atom. The number of nitro benzene ring substituents is 1. The minimum atomic E-state index is -0.421. The molecule has 2 aromatic rings. The third-order valence-electron chi connectivity index (χ3n) is 2.61. The van der Waals surface area contributed by atoms with Crippen LogP contribution < -0.4 is 4.72 Å². The summed E-state index contributed by atoms with van der Waals surface area (Å²) in [5.74, 6) is -0.0238. The molecule has 0 aromatic heterocycles. The molecule has 0 aliphatic rings. The van der Waals surface area contributed by atoms with Crippen molar-refractivity contribution in [1.82, 2.24) is 0 Å². The van der Waals surface area contributed by atoms with Crippen LogP contribution in [0.3, 0.4) is 0 Å². The number of carbonyl (C=O) groups excluding carboxylic acids is 1. The van der Waals surface area contributed by atoms with Gasteiger partial charge in [-0.15, -0.1) is 0 Å². The van der Waals surface area contributed by atoms with Crippen molar-refractivity contribution in [3.8, 4) is 0 Å². The number of nitro groups is 1. The molecule has 2 aromatic carbocycles. The number of hydrogen-bond donors (Lipinski definition) is 1. The highest BCUT2D eigenvalue weighted by Gasteiger charge is 2.12. The van der Waals surface area contributed by atoms with Crippen LogP contribution in [0.15, 0.2) is 53.4 Å². The quantitative estimate of drug-likeness (QED) is 0.391. The van der Waals surface area contributed by atoms with Gasteiger partial charge >= 0.3 is 0 Å². The van der Waals surface area contributed by atoms with Crippen molar-refractivity contribution < 1.29 is 9.72 Å². The first-order valence-corrected chi connectivity index (χ1v) is 6.67. The molecule has 0 spiro atoms. The molecule has 1 N–H and O–H groups in total. The van der Waals surface area contributed by atoms with Crippen LogP contribution >= 0.6 is 11.9 Å². The van der Waals surface area contributed by atoms with Gasteiger partial charge in [-0.3, -0.25) is 14.9 Å². The van der Waals surface area contributed by atoms with Gasteiger partial charge in [0.2, 0.25) is 0 Å². The average Bonchev–Trinajstić information content (AvgIpc) is 2.45. The molecule has 0 amide bonds. The predicted molar refractivity (Wildman–Crippen MR) is 79.0 cm³/mol. The van der Waals surface area contributed by atoms with Crippen molar-refractivity contribution in [1.29, 1.82) is 0 Å². The lowest BCUT2D eigenvalue weighted by Gasteiger charge is -2.06. The summed E-state index contributed by atoms with van der Waals surface area (Å²) in [5.41, 5.74) is 1.37. The molecule has 0 unspecified atom stereocenters. The number of Topliss-reactive ketones (excluding diaryl/α,β-unsaturated/α-hetero) is 1. The first-order chi connectivity index (χ1) is 9.58. The Bertz CT molecular complexity index is 658. The zero-order chi connectivity index (χ0) is 14.5. The van der Waals surface area contributed by atoms with Gasteiger partial charge in [0.1, 0.15) is 4.90 Å². The molecule has 20 heavy (non-hydrogen) atoms. The summed E-state index contributed by atoms with van der Waals surface area (Å²) in [6, 6.07) is 13.5. The van der Waals surface area contributed by atoms with E-state index in [9.17, 15) is 14.9 Å². The zero-order valence-corrected chi connectivity index (χ0v) is 11.5. The minimum absolute atomic E-state index is 0.0238. The van der Waals surface area contributed by atoms with E-state index < -0.39 is 4.92 Å². The second kappa shape index (κ2) is 6.21. The number of anilines is 1. The Labute approximate surface area is 120 Å². The van der Waals surface area contributed by atoms with Crippen LogP contribution in [0.1, 0.15) is 17.3 Å². The highest BCUT2D eigenvalue weighted by molar-refractivity contribution is 8.00. The van der Waals surface area contributed by atoms with E-state index in [1.807, 2.05) is 0 Å². The molecule has 5 nitrogen and oxygen atoms in total. The van der Waals surface area contributed by atoms with E-state index in [0.717, 1.165) is 17.6 Å². The van der Waals surface area contributed by atoms with Crippen molar-refractivity contribution >= 4 is 29.1 Å². The molecule has 0 atom stereocenters. The summed E-state index contributed by atoms with van der Waals surface area (Å²) in [6.45, 7) is 1.49. The maximum atomic E-state index is 11.3. The Morgan fingerprint density at radius 1 is 1.20 bits per heavy atom. The van der Waals surface area contributed by atoms with E-state index in [-0.39, 0.29) is 11.5 Å². The topological polar surface area (TPSA) is 72.2 Å². The number of hydrogen-bond acceptors (Lipinski definition) is 5. The number of nitrogens with one attached hydrogen (secondary N) is 1. The summed E-state index contributed by atoms with van der Waals surface area (Å²) in [7, 11) is 0. The van der Waals surface area contributed by atoms with Crippen LogP contribution in [-0.2, 0) is 0 Å². The van der Waals surface area contributed by atoms with E-state index >= 15 is 0 Å². The Morgan fingerprint density at radius 2 is 1.95 bits per heavy atom. The average molecular weight is 288 g/mol. The lowest BCUT2D eigenvalue weighted by atomic mass is 10.1. The van der Waals surface area contributed by atoms with Gasteiger partial charge in [0.05, 0.1) is 4.92 Å². The molecule has 0 heterocycles. The van der Waals surface area contributed by atoms with Crippen LogP contribution in [0.5, 0.6) is 0 Å². The smallest absolute Gasteiger partial charge is 0.284 e. The molecule has 102 valence electrons. The summed E-state index contributed by atoms with van der Waals surface area (Å²) in [5, 5.41) is 10.9. The number of ketones is 1. The molecule has 6 heteroatoms. The fraction of sp³-hybridized carbons (Fsp3) is 0.0714. The van der Waals surface area contributed by atoms with Gasteiger partial charge in [0.25, 0.3) is 5.69 Å². The largest absolute Gasteiger partial charge is 0.325 e. The number of rotatable bonds is 5. The fourth-order valence-corrected chi connectivity index (χ4v) is 2.36. The van der Waals surface area contributed by atoms with Gasteiger partial charge in [-0.25, -0.2) is 0 Å². The first kappa shape index (κ1) is 14.1. The van der Waals surface area contributed by atoms with Crippen LogP contribution in [0, 0.1) is 10.1 Å². The third-order valence-corrected chi connectivity index (χ3v) is 3.51. The Balaban J connectivity index is 2.15. The van der Waals surface area contributed by atoms with Crippen molar-refractivity contribution in [2.24, 2.45) is 0 Å². The monoisotopic (exact) mass is 288 g/mol. The first-order valence-electron chi connectivity index (χ1n) is 5.85. The van der Waals surface area contributed by atoms with Crippen molar-refractivity contribution in [3.05, 3.63) is 64.2 Å². The number of carbonyl (C=O) groups is 1. The van der Waals surface area contributed by atoms with E-state index in [0.29, 0.717) is 10.5 Å². The summed E-state index contributed by atoms with van der Waals surface area (Å²) >= 11 is 1.15. The van der Waals surface area contributed by atoms with Crippen LogP contribution in [0.4, 0.5) is 11.4 Å². The minimum Gasteiger partial charge on any atom is -0.325 e. The molecule has 0 aliphatic heterocycles. The van der Waals surface area contributed by atoms with Gasteiger partial charge in [0.15, 0.2) is 5.78 Å². The molecule has 0 saturated carbocycles. The van der Waals surface area contributed by atoms with Crippen molar-refractivity contribution in [3.63, 3.8) is 0 Å². The molecule has 0 saturated heterocycles. The zero-order valence-electron chi connectivity index (χ0n) is 10.7. The van der Waals surface area contributed by atoms with E-state index in [2.05, 4.69) is 4.72 Å². The highest BCUT2D eigenvalue weighted by atomic mass is 32.2. The lowest BCUT2D eigenvalue weighted by molar-refractivity contribution is -0.387. The number of para-hydroxylation sites is 1. The van der Waals surface area contributed by atoms with E-state index in [1.54, 1.807) is 42.5 Å². The van der Waals surface area contributed by atoms with Crippen LogP contribution in [0.2, 0.25) is 0 Å². The van der Waals surface area contributed by atoms with Gasteiger partial charge in [0, 0.05) is 17.3 Å².